The van der Waals surface area contributed by atoms with Crippen molar-refractivity contribution in [3.05, 3.63) is 0 Å². The second-order valence-electron chi connectivity index (χ2n) is 5.19. The van der Waals surface area contributed by atoms with Crippen LogP contribution in [0.1, 0.15) is 39.5 Å². The topological polar surface area (TPSA) is 75.3 Å². The number of aliphatic hydroxyl groups excluding tert-OH is 1. The molecule has 0 unspecified atom stereocenters. The van der Waals surface area contributed by atoms with Crippen LogP contribution in [0.4, 0.5) is 0 Å². The van der Waals surface area contributed by atoms with E-state index in [4.69, 9.17) is 10.8 Å². The maximum atomic E-state index is 12.1. The number of hydrogen-bond acceptors (Lipinski definition) is 3. The fourth-order valence-electron chi connectivity index (χ4n) is 2.06. The summed E-state index contributed by atoms with van der Waals surface area (Å²) in [6.45, 7) is 3.97. The maximum Gasteiger partial charge on any atom is 0.227 e. The van der Waals surface area contributed by atoms with Crippen LogP contribution in [0.5, 0.6) is 0 Å². The molecule has 0 spiro atoms. The van der Waals surface area contributed by atoms with Crippen LogP contribution < -0.4 is 11.1 Å². The molecule has 1 saturated carbocycles. The number of nitrogens with one attached hydrogen (secondary N) is 1. The Hall–Kier alpha value is -0.610. The minimum absolute atomic E-state index is 0.00144. The van der Waals surface area contributed by atoms with Crippen molar-refractivity contribution in [3.8, 4) is 0 Å². The van der Waals surface area contributed by atoms with Gasteiger partial charge in [0.15, 0.2) is 0 Å². The average molecular weight is 214 g/mol. The molecule has 0 heterocycles. The van der Waals surface area contributed by atoms with E-state index in [9.17, 15) is 4.79 Å². The predicted molar refractivity (Wildman–Crippen MR) is 59.3 cm³/mol. The van der Waals surface area contributed by atoms with E-state index in [1.54, 1.807) is 0 Å². The van der Waals surface area contributed by atoms with Gasteiger partial charge in [-0.1, -0.05) is 12.8 Å². The van der Waals surface area contributed by atoms with Gasteiger partial charge in [-0.2, -0.15) is 0 Å². The van der Waals surface area contributed by atoms with Crippen molar-refractivity contribution in [2.75, 3.05) is 13.2 Å². The lowest BCUT2D eigenvalue weighted by Crippen LogP contribution is -2.53. The molecule has 0 bridgehead atoms. The molecule has 0 aromatic heterocycles. The minimum Gasteiger partial charge on any atom is -0.394 e. The molecule has 88 valence electrons. The summed E-state index contributed by atoms with van der Waals surface area (Å²) in [5.41, 5.74) is 4.77. The highest BCUT2D eigenvalue weighted by Crippen LogP contribution is 2.37. The van der Waals surface area contributed by atoms with Crippen molar-refractivity contribution < 1.29 is 9.90 Å². The zero-order valence-corrected chi connectivity index (χ0v) is 9.68. The normalized spacial score (nSPS) is 20.3. The number of rotatable bonds is 4. The summed E-state index contributed by atoms with van der Waals surface area (Å²) < 4.78 is 0. The van der Waals surface area contributed by atoms with Crippen molar-refractivity contribution in [2.45, 2.75) is 45.1 Å². The van der Waals surface area contributed by atoms with Gasteiger partial charge in [0, 0.05) is 6.54 Å². The second-order valence-corrected chi connectivity index (χ2v) is 5.19. The number of nitrogens with two attached hydrogens (primary N) is 1. The average Bonchev–Trinajstić information content (AvgIpc) is 2.66. The molecule has 4 heteroatoms. The summed E-state index contributed by atoms with van der Waals surface area (Å²) in [7, 11) is 0. The zero-order valence-electron chi connectivity index (χ0n) is 9.68. The molecule has 4 N–H and O–H groups in total. The van der Waals surface area contributed by atoms with E-state index in [0.29, 0.717) is 6.54 Å². The smallest absolute Gasteiger partial charge is 0.227 e. The van der Waals surface area contributed by atoms with Gasteiger partial charge in [0.25, 0.3) is 0 Å². The molecule has 1 aliphatic carbocycles. The Bertz CT molecular complexity index is 233. The van der Waals surface area contributed by atoms with Crippen molar-refractivity contribution in [2.24, 2.45) is 11.1 Å². The highest BCUT2D eigenvalue weighted by Gasteiger charge is 2.41. The Morgan fingerprint density at radius 3 is 2.40 bits per heavy atom. The van der Waals surface area contributed by atoms with Gasteiger partial charge in [-0.3, -0.25) is 4.79 Å². The first-order valence-electron chi connectivity index (χ1n) is 5.59. The molecule has 4 nitrogen and oxygen atoms in total. The minimum atomic E-state index is -0.554. The van der Waals surface area contributed by atoms with Crippen LogP contribution in [-0.2, 0) is 4.79 Å². The first-order valence-corrected chi connectivity index (χ1v) is 5.59. The summed E-state index contributed by atoms with van der Waals surface area (Å²) in [6, 6.07) is 0. The molecule has 0 aromatic rings. The third-order valence-corrected chi connectivity index (χ3v) is 3.28. The number of aliphatic hydroxyl groups is 1. The van der Waals surface area contributed by atoms with Crippen molar-refractivity contribution in [3.63, 3.8) is 0 Å². The second kappa shape index (κ2) is 4.49. The van der Waals surface area contributed by atoms with Gasteiger partial charge in [-0.15, -0.1) is 0 Å². The lowest BCUT2D eigenvalue weighted by Gasteiger charge is -2.32. The zero-order chi connectivity index (χ0) is 11.5. The maximum absolute atomic E-state index is 12.1. The molecule has 1 amide bonds. The van der Waals surface area contributed by atoms with Gasteiger partial charge in [0.05, 0.1) is 17.6 Å². The van der Waals surface area contributed by atoms with Crippen molar-refractivity contribution in [1.29, 1.82) is 0 Å². The molecule has 0 saturated heterocycles. The Morgan fingerprint density at radius 2 is 2.00 bits per heavy atom. The third-order valence-electron chi connectivity index (χ3n) is 3.28. The number of hydrogen-bond donors (Lipinski definition) is 3. The predicted octanol–water partition coefficient (Wildman–Crippen LogP) is 0.393. The lowest BCUT2D eigenvalue weighted by molar-refractivity contribution is -0.132. The van der Waals surface area contributed by atoms with E-state index >= 15 is 0 Å². The van der Waals surface area contributed by atoms with Gasteiger partial charge in [-0.25, -0.2) is 0 Å². The largest absolute Gasteiger partial charge is 0.394 e. The van der Waals surface area contributed by atoms with Crippen LogP contribution >= 0.6 is 0 Å². The summed E-state index contributed by atoms with van der Waals surface area (Å²) in [5.74, 6) is 0.00144. The molecule has 0 atom stereocenters. The molecule has 1 rings (SSSR count). The van der Waals surface area contributed by atoms with Crippen LogP contribution in [0, 0.1) is 5.41 Å². The standard InChI is InChI=1S/C11H22N2O2/c1-10(2,8-14)13-9(15)11(7-12)5-3-4-6-11/h14H,3-8,12H2,1-2H3,(H,13,15). The summed E-state index contributed by atoms with van der Waals surface area (Å²) in [5, 5.41) is 12.0. The lowest BCUT2D eigenvalue weighted by atomic mass is 9.84. The summed E-state index contributed by atoms with van der Waals surface area (Å²) >= 11 is 0. The monoisotopic (exact) mass is 214 g/mol. The van der Waals surface area contributed by atoms with E-state index in [2.05, 4.69) is 5.32 Å². The van der Waals surface area contributed by atoms with Gasteiger partial charge >= 0.3 is 0 Å². The Kier molecular flexibility index (Phi) is 3.73. The summed E-state index contributed by atoms with van der Waals surface area (Å²) in [6.07, 6.45) is 3.89. The van der Waals surface area contributed by atoms with Gasteiger partial charge in [0.2, 0.25) is 5.91 Å². The molecular formula is C11H22N2O2. The molecule has 0 aliphatic heterocycles. The number of carbonyl (C=O) groups is 1. The fraction of sp³-hybridized carbons (Fsp3) is 0.909. The van der Waals surface area contributed by atoms with Crippen molar-refractivity contribution in [1.82, 2.24) is 5.32 Å². The van der Waals surface area contributed by atoms with Crippen molar-refractivity contribution >= 4 is 5.91 Å². The number of carbonyl (C=O) groups excluding carboxylic acids is 1. The molecule has 0 aromatic carbocycles. The molecule has 1 aliphatic rings. The Labute approximate surface area is 91.2 Å². The van der Waals surface area contributed by atoms with Gasteiger partial charge in [0.1, 0.15) is 0 Å². The summed E-state index contributed by atoms with van der Waals surface area (Å²) in [4.78, 5) is 12.1. The van der Waals surface area contributed by atoms with Gasteiger partial charge in [-0.05, 0) is 26.7 Å². The molecular weight excluding hydrogens is 192 g/mol. The SMILES string of the molecule is CC(C)(CO)NC(=O)C1(CN)CCCC1. The molecule has 15 heavy (non-hydrogen) atoms. The molecule has 0 radical (unpaired) electrons. The first kappa shape index (κ1) is 12.5. The quantitative estimate of drug-likeness (QED) is 0.634. The van der Waals surface area contributed by atoms with Crippen LogP contribution in [0.25, 0.3) is 0 Å². The van der Waals surface area contributed by atoms with E-state index in [0.717, 1.165) is 25.7 Å². The number of amides is 1. The Balaban J connectivity index is 2.66. The highest BCUT2D eigenvalue weighted by atomic mass is 16.3. The van der Waals surface area contributed by atoms with Crippen LogP contribution in [0.15, 0.2) is 0 Å². The van der Waals surface area contributed by atoms with E-state index in [1.165, 1.54) is 0 Å². The van der Waals surface area contributed by atoms with E-state index in [-0.39, 0.29) is 17.9 Å². The van der Waals surface area contributed by atoms with E-state index in [1.807, 2.05) is 13.8 Å². The third kappa shape index (κ3) is 2.69. The van der Waals surface area contributed by atoms with E-state index < -0.39 is 5.54 Å². The van der Waals surface area contributed by atoms with Crippen LogP contribution in [0.3, 0.4) is 0 Å². The van der Waals surface area contributed by atoms with Crippen LogP contribution in [-0.4, -0.2) is 29.7 Å². The van der Waals surface area contributed by atoms with Crippen LogP contribution in [0.2, 0.25) is 0 Å². The first-order chi connectivity index (χ1) is 6.96. The Morgan fingerprint density at radius 1 is 1.47 bits per heavy atom. The molecule has 1 fully saturated rings. The van der Waals surface area contributed by atoms with Gasteiger partial charge < -0.3 is 16.2 Å². The highest BCUT2D eigenvalue weighted by molar-refractivity contribution is 5.83. The fourth-order valence-corrected chi connectivity index (χ4v) is 2.06.